The lowest BCUT2D eigenvalue weighted by Gasteiger charge is -2.17. The third kappa shape index (κ3) is 3.37. The number of rotatable bonds is 6. The van der Waals surface area contributed by atoms with E-state index in [9.17, 15) is 0 Å². The van der Waals surface area contributed by atoms with E-state index in [4.69, 9.17) is 5.73 Å². The van der Waals surface area contributed by atoms with Crippen LogP contribution in [-0.2, 0) is 0 Å². The molecule has 1 heterocycles. The summed E-state index contributed by atoms with van der Waals surface area (Å²) >= 11 is 0. The molecule has 108 valence electrons. The van der Waals surface area contributed by atoms with Crippen LogP contribution in [0.5, 0.6) is 0 Å². The van der Waals surface area contributed by atoms with Crippen molar-refractivity contribution in [1.82, 2.24) is 4.98 Å². The van der Waals surface area contributed by atoms with Crippen molar-refractivity contribution in [1.29, 1.82) is 0 Å². The van der Waals surface area contributed by atoms with Gasteiger partial charge in [-0.3, -0.25) is 4.98 Å². The van der Waals surface area contributed by atoms with Crippen LogP contribution in [0.15, 0.2) is 24.3 Å². The summed E-state index contributed by atoms with van der Waals surface area (Å²) < 4.78 is 0. The summed E-state index contributed by atoms with van der Waals surface area (Å²) in [5, 5.41) is 1.26. The van der Waals surface area contributed by atoms with Gasteiger partial charge in [-0.2, -0.15) is 0 Å². The molecule has 0 aliphatic rings. The van der Waals surface area contributed by atoms with Gasteiger partial charge >= 0.3 is 0 Å². The van der Waals surface area contributed by atoms with Gasteiger partial charge in [0.1, 0.15) is 0 Å². The van der Waals surface area contributed by atoms with Gasteiger partial charge in [-0.25, -0.2) is 0 Å². The number of pyridine rings is 1. The quantitative estimate of drug-likeness (QED) is 0.841. The van der Waals surface area contributed by atoms with E-state index in [0.717, 1.165) is 24.2 Å². The zero-order valence-electron chi connectivity index (χ0n) is 12.9. The molecule has 2 rings (SSSR count). The van der Waals surface area contributed by atoms with Crippen molar-refractivity contribution >= 4 is 10.9 Å². The molecule has 0 spiro atoms. The van der Waals surface area contributed by atoms with Crippen LogP contribution in [0.4, 0.5) is 0 Å². The van der Waals surface area contributed by atoms with Gasteiger partial charge in [0.15, 0.2) is 0 Å². The van der Waals surface area contributed by atoms with Crippen molar-refractivity contribution in [2.24, 2.45) is 5.73 Å². The molecule has 2 aromatic rings. The number of nitrogens with zero attached hydrogens (tertiary/aromatic N) is 1. The fourth-order valence-electron chi connectivity index (χ4n) is 2.84. The third-order valence-electron chi connectivity index (χ3n) is 4.15. The van der Waals surface area contributed by atoms with E-state index < -0.39 is 0 Å². The maximum Gasteiger partial charge on any atom is 0.0705 e. The van der Waals surface area contributed by atoms with E-state index in [1.807, 2.05) is 0 Å². The molecule has 2 nitrogen and oxygen atoms in total. The number of hydrogen-bond donors (Lipinski definition) is 1. The van der Waals surface area contributed by atoms with Gasteiger partial charge in [0.25, 0.3) is 0 Å². The zero-order valence-corrected chi connectivity index (χ0v) is 12.9. The third-order valence-corrected chi connectivity index (χ3v) is 4.15. The smallest absolute Gasteiger partial charge is 0.0705 e. The number of nitrogens with two attached hydrogens (primary N) is 1. The molecule has 2 N–H and O–H groups in total. The molecule has 0 radical (unpaired) electrons. The van der Waals surface area contributed by atoms with Crippen molar-refractivity contribution in [2.45, 2.75) is 52.4 Å². The van der Waals surface area contributed by atoms with Crippen molar-refractivity contribution in [3.8, 4) is 0 Å². The van der Waals surface area contributed by atoms with Crippen LogP contribution in [0, 0.1) is 13.8 Å². The van der Waals surface area contributed by atoms with E-state index in [2.05, 4.69) is 50.0 Å². The average Bonchev–Trinajstić information content (AvgIpc) is 2.44. The molecule has 1 aromatic carbocycles. The highest BCUT2D eigenvalue weighted by atomic mass is 14.7. The predicted molar refractivity (Wildman–Crippen MR) is 87.2 cm³/mol. The Morgan fingerprint density at radius 2 is 1.95 bits per heavy atom. The number of aryl methyl sites for hydroxylation is 2. The molecule has 2 heteroatoms. The molecular weight excluding hydrogens is 244 g/mol. The minimum Gasteiger partial charge on any atom is -0.330 e. The molecule has 0 aliphatic heterocycles. The van der Waals surface area contributed by atoms with E-state index >= 15 is 0 Å². The Morgan fingerprint density at radius 3 is 2.65 bits per heavy atom. The maximum absolute atomic E-state index is 5.67. The highest BCUT2D eigenvalue weighted by molar-refractivity contribution is 5.80. The van der Waals surface area contributed by atoms with Crippen LogP contribution in [0.2, 0.25) is 0 Å². The lowest BCUT2D eigenvalue weighted by Crippen LogP contribution is -2.04. The van der Waals surface area contributed by atoms with Crippen LogP contribution in [0.1, 0.15) is 55.3 Å². The van der Waals surface area contributed by atoms with E-state index in [0.29, 0.717) is 5.92 Å². The summed E-state index contributed by atoms with van der Waals surface area (Å²) in [7, 11) is 0. The molecule has 0 saturated heterocycles. The standard InChI is InChI=1S/C18H26N2/c1-4-6-15(7-5-10-19)16-8-9-18-17(12-16)11-13(2)14(3)20-18/h8-9,11-12,15H,4-7,10,19H2,1-3H3. The van der Waals surface area contributed by atoms with Crippen molar-refractivity contribution in [3.63, 3.8) is 0 Å². The largest absolute Gasteiger partial charge is 0.330 e. The first kappa shape index (κ1) is 15.0. The van der Waals surface area contributed by atoms with Crippen LogP contribution >= 0.6 is 0 Å². The summed E-state index contributed by atoms with van der Waals surface area (Å²) in [6, 6.07) is 9.00. The van der Waals surface area contributed by atoms with Crippen molar-refractivity contribution < 1.29 is 0 Å². The van der Waals surface area contributed by atoms with Gasteiger partial charge in [-0.15, -0.1) is 0 Å². The van der Waals surface area contributed by atoms with Gasteiger partial charge in [0, 0.05) is 11.1 Å². The molecule has 1 aromatic heterocycles. The Hall–Kier alpha value is -1.41. The second kappa shape index (κ2) is 6.85. The van der Waals surface area contributed by atoms with Crippen LogP contribution in [-0.4, -0.2) is 11.5 Å². The summed E-state index contributed by atoms with van der Waals surface area (Å²) in [5.74, 6) is 0.634. The Kier molecular flexibility index (Phi) is 5.13. The fourth-order valence-corrected chi connectivity index (χ4v) is 2.84. The van der Waals surface area contributed by atoms with E-state index in [-0.39, 0.29) is 0 Å². The molecule has 0 saturated carbocycles. The number of hydrogen-bond acceptors (Lipinski definition) is 2. The SMILES string of the molecule is CCCC(CCCN)c1ccc2nc(C)c(C)cc2c1. The van der Waals surface area contributed by atoms with E-state index in [1.165, 1.54) is 35.8 Å². The highest BCUT2D eigenvalue weighted by Crippen LogP contribution is 2.29. The topological polar surface area (TPSA) is 38.9 Å². The van der Waals surface area contributed by atoms with Gasteiger partial charge in [0.2, 0.25) is 0 Å². The molecule has 1 unspecified atom stereocenters. The molecule has 20 heavy (non-hydrogen) atoms. The Bertz CT molecular complexity index is 575. The summed E-state index contributed by atoms with van der Waals surface area (Å²) in [5.41, 5.74) is 10.6. The first-order valence-electron chi connectivity index (χ1n) is 7.73. The van der Waals surface area contributed by atoms with Crippen molar-refractivity contribution in [2.75, 3.05) is 6.54 Å². The number of benzene rings is 1. The Morgan fingerprint density at radius 1 is 1.15 bits per heavy atom. The lowest BCUT2D eigenvalue weighted by atomic mass is 9.89. The van der Waals surface area contributed by atoms with Crippen molar-refractivity contribution in [3.05, 3.63) is 41.1 Å². The molecule has 0 fully saturated rings. The van der Waals surface area contributed by atoms with Crippen LogP contribution in [0.25, 0.3) is 10.9 Å². The summed E-state index contributed by atoms with van der Waals surface area (Å²) in [6.07, 6.45) is 4.75. The zero-order chi connectivity index (χ0) is 14.5. The van der Waals surface area contributed by atoms with Gasteiger partial charge in [0.05, 0.1) is 5.52 Å². The maximum atomic E-state index is 5.67. The predicted octanol–water partition coefficient (Wildman–Crippen LogP) is 4.47. The molecule has 1 atom stereocenters. The minimum absolute atomic E-state index is 0.634. The first-order chi connectivity index (χ1) is 9.65. The second-order valence-electron chi connectivity index (χ2n) is 5.76. The van der Waals surface area contributed by atoms with Gasteiger partial charge < -0.3 is 5.73 Å². The molecule has 0 aliphatic carbocycles. The highest BCUT2D eigenvalue weighted by Gasteiger charge is 2.11. The van der Waals surface area contributed by atoms with E-state index in [1.54, 1.807) is 0 Å². The molecular formula is C18H26N2. The fraction of sp³-hybridized carbons (Fsp3) is 0.500. The van der Waals surface area contributed by atoms with Gasteiger partial charge in [-0.1, -0.05) is 19.4 Å². The number of fused-ring (bicyclic) bond motifs is 1. The summed E-state index contributed by atoms with van der Waals surface area (Å²) in [6.45, 7) is 7.25. The second-order valence-corrected chi connectivity index (χ2v) is 5.76. The molecule has 0 amide bonds. The van der Waals surface area contributed by atoms with Crippen LogP contribution < -0.4 is 5.73 Å². The number of aromatic nitrogens is 1. The molecule has 0 bridgehead atoms. The van der Waals surface area contributed by atoms with Gasteiger partial charge in [-0.05, 0) is 74.9 Å². The Labute approximate surface area is 122 Å². The lowest BCUT2D eigenvalue weighted by molar-refractivity contribution is 0.550. The normalized spacial score (nSPS) is 12.8. The monoisotopic (exact) mass is 270 g/mol. The summed E-state index contributed by atoms with van der Waals surface area (Å²) in [4.78, 5) is 4.66. The Balaban J connectivity index is 2.35. The first-order valence-corrected chi connectivity index (χ1v) is 7.73. The average molecular weight is 270 g/mol. The van der Waals surface area contributed by atoms with Crippen LogP contribution in [0.3, 0.4) is 0 Å². The minimum atomic E-state index is 0.634.